The lowest BCUT2D eigenvalue weighted by Gasteiger charge is -2.31. The number of nitrogen functional groups attached to an aromatic ring is 1. The summed E-state index contributed by atoms with van der Waals surface area (Å²) in [5.41, 5.74) is 12.3. The van der Waals surface area contributed by atoms with Crippen LogP contribution in [0.2, 0.25) is 0 Å². The molecule has 3 heterocycles. The summed E-state index contributed by atoms with van der Waals surface area (Å²) in [4.78, 5) is 14.9. The van der Waals surface area contributed by atoms with E-state index in [1.807, 2.05) is 13.1 Å². The average molecular weight is 549 g/mol. The van der Waals surface area contributed by atoms with Crippen LogP contribution < -0.4 is 16.0 Å². The molecular formula is C33H52N6O. The van der Waals surface area contributed by atoms with Crippen LogP contribution in [0.3, 0.4) is 0 Å². The van der Waals surface area contributed by atoms with Crippen molar-refractivity contribution in [1.29, 1.82) is 0 Å². The fourth-order valence-corrected chi connectivity index (χ4v) is 6.95. The first-order valence-electron chi connectivity index (χ1n) is 16.1. The number of ether oxygens (including phenoxy) is 1. The van der Waals surface area contributed by atoms with E-state index in [0.29, 0.717) is 12.0 Å². The Morgan fingerprint density at radius 2 is 1.77 bits per heavy atom. The fraction of sp³-hybridized carbons (Fsp3) is 0.697. The molecule has 0 atom stereocenters. The molecule has 5 rings (SSSR count). The highest BCUT2D eigenvalue weighted by Gasteiger charge is 2.24. The molecule has 0 spiro atoms. The number of nitrogens with one attached hydrogen (secondary N) is 1. The summed E-state index contributed by atoms with van der Waals surface area (Å²) in [6.07, 6.45) is 20.3. The minimum Gasteiger partial charge on any atom is -0.397 e. The van der Waals surface area contributed by atoms with Gasteiger partial charge < -0.3 is 25.6 Å². The molecule has 4 aliphatic rings. The van der Waals surface area contributed by atoms with Crippen molar-refractivity contribution < 1.29 is 4.74 Å². The lowest BCUT2D eigenvalue weighted by Crippen LogP contribution is -2.36. The van der Waals surface area contributed by atoms with E-state index in [-0.39, 0.29) is 0 Å². The van der Waals surface area contributed by atoms with E-state index in [1.165, 1.54) is 107 Å². The molecule has 40 heavy (non-hydrogen) atoms. The van der Waals surface area contributed by atoms with Crippen LogP contribution in [0, 0.1) is 5.92 Å². The normalized spacial score (nSPS) is 26.1. The van der Waals surface area contributed by atoms with Crippen LogP contribution in [-0.4, -0.2) is 68.9 Å². The van der Waals surface area contributed by atoms with Gasteiger partial charge in [-0.3, -0.25) is 9.98 Å². The van der Waals surface area contributed by atoms with Crippen LogP contribution in [0.4, 0.5) is 17.1 Å². The van der Waals surface area contributed by atoms with Gasteiger partial charge in [0.15, 0.2) is 0 Å². The van der Waals surface area contributed by atoms with Gasteiger partial charge in [0.05, 0.1) is 30.6 Å². The third kappa shape index (κ3) is 8.32. The first-order valence-corrected chi connectivity index (χ1v) is 16.1. The second-order valence-corrected chi connectivity index (χ2v) is 12.3. The zero-order chi connectivity index (χ0) is 27.6. The number of nitrogens with zero attached hydrogens (tertiary/aromatic N) is 4. The lowest BCUT2D eigenvalue weighted by molar-refractivity contribution is 0.122. The molecule has 0 amide bonds. The van der Waals surface area contributed by atoms with Crippen molar-refractivity contribution in [2.75, 3.05) is 56.6 Å². The van der Waals surface area contributed by atoms with E-state index < -0.39 is 0 Å². The maximum absolute atomic E-state index is 6.52. The Morgan fingerprint density at radius 1 is 1.00 bits per heavy atom. The van der Waals surface area contributed by atoms with Gasteiger partial charge in [-0.2, -0.15) is 0 Å². The number of rotatable bonds is 9. The van der Waals surface area contributed by atoms with Gasteiger partial charge in [0, 0.05) is 37.6 Å². The number of nitrogens with two attached hydrogens (primary N) is 1. The number of benzene rings is 1. The standard InChI is InChI=1S/C33H52N6O/c1-2-35-33-28(23-30(24-31(33)34)39-18-20-40-21-19-39)22-26-9-12-29(13-10-26)37-32-14-11-27(25-36-32)8-7-17-38-15-5-3-4-6-16-38/h2,23-26,29H,3-22,34H2,1H3,(H,36,37). The second kappa shape index (κ2) is 15.0. The molecule has 0 radical (unpaired) electrons. The Hall–Kier alpha value is -2.38. The van der Waals surface area contributed by atoms with Crippen molar-refractivity contribution in [2.45, 2.75) is 96.4 Å². The predicted octanol–water partition coefficient (Wildman–Crippen LogP) is 6.25. The summed E-state index contributed by atoms with van der Waals surface area (Å²) >= 11 is 0. The topological polar surface area (TPSA) is 78.5 Å². The van der Waals surface area contributed by atoms with Crippen molar-refractivity contribution in [2.24, 2.45) is 15.9 Å². The van der Waals surface area contributed by atoms with Crippen LogP contribution in [-0.2, 0) is 11.2 Å². The van der Waals surface area contributed by atoms with E-state index in [4.69, 9.17) is 15.5 Å². The maximum Gasteiger partial charge on any atom is 0.101 e. The monoisotopic (exact) mass is 548 g/mol. The molecule has 7 nitrogen and oxygen atoms in total. The average Bonchev–Trinajstić information content (AvgIpc) is 3.26. The third-order valence-electron chi connectivity index (χ3n) is 9.30. The zero-order valence-electron chi connectivity index (χ0n) is 24.9. The molecule has 1 aromatic rings. The number of hydrogen-bond donors (Lipinski definition) is 2. The summed E-state index contributed by atoms with van der Waals surface area (Å²) in [6, 6.07) is 4.88. The number of amidine groups is 1. The highest BCUT2D eigenvalue weighted by molar-refractivity contribution is 5.84. The SMILES string of the molecule is CC=Nc1c(N)cc(N2CCOCC2)cc1CC1CCC(N=C2CCC(CCCN3CCCCCC3)=CN2)CC1. The van der Waals surface area contributed by atoms with Gasteiger partial charge in [-0.05, 0) is 114 Å². The van der Waals surface area contributed by atoms with E-state index in [1.54, 1.807) is 5.57 Å². The quantitative estimate of drug-likeness (QED) is 0.282. The van der Waals surface area contributed by atoms with Gasteiger partial charge in [0.25, 0.3) is 0 Å². The van der Waals surface area contributed by atoms with Gasteiger partial charge in [0.2, 0.25) is 0 Å². The summed E-state index contributed by atoms with van der Waals surface area (Å²) in [6.45, 7) is 9.24. The smallest absolute Gasteiger partial charge is 0.101 e. The van der Waals surface area contributed by atoms with Crippen LogP contribution in [0.15, 0.2) is 33.9 Å². The van der Waals surface area contributed by atoms with Crippen molar-refractivity contribution in [1.82, 2.24) is 10.2 Å². The highest BCUT2D eigenvalue weighted by atomic mass is 16.5. The van der Waals surface area contributed by atoms with E-state index in [9.17, 15) is 0 Å². The molecule has 3 N–H and O–H groups in total. The lowest BCUT2D eigenvalue weighted by atomic mass is 9.82. The van der Waals surface area contributed by atoms with Crippen LogP contribution in [0.1, 0.15) is 89.5 Å². The van der Waals surface area contributed by atoms with E-state index in [2.05, 4.69) is 38.4 Å². The van der Waals surface area contributed by atoms with E-state index >= 15 is 0 Å². The molecule has 3 fully saturated rings. The molecule has 0 unspecified atom stereocenters. The Bertz CT molecular complexity index is 1030. The molecule has 220 valence electrons. The minimum atomic E-state index is 0.453. The zero-order valence-corrected chi connectivity index (χ0v) is 24.9. The fourth-order valence-electron chi connectivity index (χ4n) is 6.95. The largest absolute Gasteiger partial charge is 0.397 e. The molecule has 2 saturated heterocycles. The molecule has 7 heteroatoms. The molecular weight excluding hydrogens is 496 g/mol. The first-order chi connectivity index (χ1) is 19.7. The molecule has 1 aliphatic carbocycles. The number of allylic oxidation sites excluding steroid dienone is 1. The van der Waals surface area contributed by atoms with Crippen LogP contribution in [0.25, 0.3) is 0 Å². The Labute approximate surface area is 242 Å². The number of hydrogen-bond acceptors (Lipinski definition) is 6. The molecule has 1 aromatic carbocycles. The summed E-state index contributed by atoms with van der Waals surface area (Å²) < 4.78 is 5.56. The van der Waals surface area contributed by atoms with Gasteiger partial charge in [-0.1, -0.05) is 18.4 Å². The number of morpholine rings is 1. The van der Waals surface area contributed by atoms with Crippen molar-refractivity contribution >= 4 is 29.1 Å². The Balaban J connectivity index is 1.09. The predicted molar refractivity (Wildman–Crippen MR) is 169 cm³/mol. The summed E-state index contributed by atoms with van der Waals surface area (Å²) in [5, 5.41) is 3.56. The Kier molecular flexibility index (Phi) is 10.9. The van der Waals surface area contributed by atoms with Gasteiger partial charge in [-0.15, -0.1) is 0 Å². The number of likely N-dealkylation sites (tertiary alicyclic amines) is 1. The van der Waals surface area contributed by atoms with Crippen LogP contribution >= 0.6 is 0 Å². The van der Waals surface area contributed by atoms with Crippen molar-refractivity contribution in [3.05, 3.63) is 29.5 Å². The van der Waals surface area contributed by atoms with E-state index in [0.717, 1.165) is 50.5 Å². The van der Waals surface area contributed by atoms with Gasteiger partial charge in [0.1, 0.15) is 5.84 Å². The van der Waals surface area contributed by atoms with Crippen molar-refractivity contribution in [3.63, 3.8) is 0 Å². The Morgan fingerprint density at radius 3 is 2.48 bits per heavy atom. The van der Waals surface area contributed by atoms with Gasteiger partial charge >= 0.3 is 0 Å². The molecule has 0 aromatic heterocycles. The van der Waals surface area contributed by atoms with Gasteiger partial charge in [-0.25, -0.2) is 0 Å². The number of aliphatic imine (C=N–C) groups is 2. The number of anilines is 2. The summed E-state index contributed by atoms with van der Waals surface area (Å²) in [5.74, 6) is 1.86. The molecule has 3 aliphatic heterocycles. The minimum absolute atomic E-state index is 0.453. The highest BCUT2D eigenvalue weighted by Crippen LogP contribution is 2.37. The second-order valence-electron chi connectivity index (χ2n) is 12.3. The maximum atomic E-state index is 6.52. The molecule has 0 bridgehead atoms. The van der Waals surface area contributed by atoms with Crippen LogP contribution in [0.5, 0.6) is 0 Å². The first kappa shape index (κ1) is 29.1. The van der Waals surface area contributed by atoms with Crippen molar-refractivity contribution in [3.8, 4) is 0 Å². The third-order valence-corrected chi connectivity index (χ3v) is 9.30. The summed E-state index contributed by atoms with van der Waals surface area (Å²) in [7, 11) is 0. The molecule has 1 saturated carbocycles.